The van der Waals surface area contributed by atoms with Crippen LogP contribution in [0.25, 0.3) is 0 Å². The van der Waals surface area contributed by atoms with Gasteiger partial charge in [0.05, 0.1) is 0 Å². The SMILES string of the molecule is CC1CCCN(C(C)(C)CNC(=O)C2(O)CCSCC2)C1. The van der Waals surface area contributed by atoms with Gasteiger partial charge in [0.1, 0.15) is 5.60 Å². The summed E-state index contributed by atoms with van der Waals surface area (Å²) >= 11 is 1.81. The predicted molar refractivity (Wildman–Crippen MR) is 88.6 cm³/mol. The molecule has 5 heteroatoms. The zero-order chi connectivity index (χ0) is 15.5. The van der Waals surface area contributed by atoms with Gasteiger partial charge in [-0.05, 0) is 63.5 Å². The number of carbonyl (C=O) groups excluding carboxylic acids is 1. The highest BCUT2D eigenvalue weighted by Gasteiger charge is 2.38. The number of hydrogen-bond acceptors (Lipinski definition) is 4. The molecule has 0 bridgehead atoms. The van der Waals surface area contributed by atoms with E-state index in [0.29, 0.717) is 19.4 Å². The second kappa shape index (κ2) is 6.88. The summed E-state index contributed by atoms with van der Waals surface area (Å²) in [4.78, 5) is 14.8. The van der Waals surface area contributed by atoms with Crippen molar-refractivity contribution in [1.29, 1.82) is 0 Å². The average Bonchev–Trinajstić information content (AvgIpc) is 2.45. The molecule has 2 saturated heterocycles. The first-order chi connectivity index (χ1) is 9.83. The minimum Gasteiger partial charge on any atom is -0.380 e. The molecule has 0 radical (unpaired) electrons. The lowest BCUT2D eigenvalue weighted by Crippen LogP contribution is -2.57. The van der Waals surface area contributed by atoms with Crippen molar-refractivity contribution in [1.82, 2.24) is 10.2 Å². The fourth-order valence-corrected chi connectivity index (χ4v) is 4.42. The molecule has 1 atom stereocenters. The molecule has 0 aliphatic carbocycles. The van der Waals surface area contributed by atoms with Gasteiger partial charge in [0, 0.05) is 18.6 Å². The van der Waals surface area contributed by atoms with Crippen molar-refractivity contribution in [3.8, 4) is 0 Å². The summed E-state index contributed by atoms with van der Waals surface area (Å²) in [6.07, 6.45) is 3.69. The number of amides is 1. The van der Waals surface area contributed by atoms with E-state index >= 15 is 0 Å². The van der Waals surface area contributed by atoms with Crippen LogP contribution in [0.5, 0.6) is 0 Å². The highest BCUT2D eigenvalue weighted by molar-refractivity contribution is 7.99. The fraction of sp³-hybridized carbons (Fsp3) is 0.938. The molecule has 2 heterocycles. The Bertz CT molecular complexity index is 367. The number of nitrogens with one attached hydrogen (secondary N) is 1. The number of thioether (sulfide) groups is 1. The number of rotatable bonds is 4. The van der Waals surface area contributed by atoms with Crippen LogP contribution in [0.3, 0.4) is 0 Å². The lowest BCUT2D eigenvalue weighted by molar-refractivity contribution is -0.141. The van der Waals surface area contributed by atoms with Gasteiger partial charge < -0.3 is 10.4 Å². The highest BCUT2D eigenvalue weighted by atomic mass is 32.2. The molecule has 21 heavy (non-hydrogen) atoms. The zero-order valence-electron chi connectivity index (χ0n) is 13.7. The lowest BCUT2D eigenvalue weighted by atomic mass is 9.92. The van der Waals surface area contributed by atoms with Gasteiger partial charge in [-0.25, -0.2) is 0 Å². The monoisotopic (exact) mass is 314 g/mol. The number of likely N-dealkylation sites (tertiary alicyclic amines) is 1. The Labute approximate surface area is 133 Å². The van der Waals surface area contributed by atoms with E-state index in [1.807, 2.05) is 11.8 Å². The van der Waals surface area contributed by atoms with E-state index in [4.69, 9.17) is 0 Å². The molecule has 2 aliphatic heterocycles. The summed E-state index contributed by atoms with van der Waals surface area (Å²) in [5, 5.41) is 13.5. The largest absolute Gasteiger partial charge is 0.380 e. The van der Waals surface area contributed by atoms with E-state index < -0.39 is 5.60 Å². The first-order valence-electron chi connectivity index (χ1n) is 8.17. The maximum absolute atomic E-state index is 12.3. The summed E-state index contributed by atoms with van der Waals surface area (Å²) in [5.74, 6) is 2.29. The maximum Gasteiger partial charge on any atom is 0.252 e. The Hall–Kier alpha value is -0.260. The predicted octanol–water partition coefficient (Wildman–Crippen LogP) is 1.87. The van der Waals surface area contributed by atoms with Crippen molar-refractivity contribution in [2.45, 2.75) is 57.6 Å². The van der Waals surface area contributed by atoms with Crippen LogP contribution in [-0.4, -0.2) is 58.2 Å². The van der Waals surface area contributed by atoms with E-state index in [1.54, 1.807) is 0 Å². The van der Waals surface area contributed by atoms with Crippen LogP contribution in [-0.2, 0) is 4.79 Å². The Morgan fingerprint density at radius 2 is 2.10 bits per heavy atom. The van der Waals surface area contributed by atoms with E-state index in [2.05, 4.69) is 31.0 Å². The third kappa shape index (κ3) is 4.36. The van der Waals surface area contributed by atoms with E-state index in [9.17, 15) is 9.90 Å². The van der Waals surface area contributed by atoms with E-state index in [-0.39, 0.29) is 11.4 Å². The number of hydrogen-bond donors (Lipinski definition) is 2. The second-order valence-corrected chi connectivity index (χ2v) is 8.56. The molecule has 2 aliphatic rings. The molecule has 0 spiro atoms. The first kappa shape index (κ1) is 17.1. The highest BCUT2D eigenvalue weighted by Crippen LogP contribution is 2.28. The lowest BCUT2D eigenvalue weighted by Gasteiger charge is -2.43. The molecule has 2 rings (SSSR count). The third-order valence-corrected chi connectivity index (χ3v) is 5.92. The molecule has 2 N–H and O–H groups in total. The molecular weight excluding hydrogens is 284 g/mol. The number of nitrogens with zero attached hydrogens (tertiary/aromatic N) is 1. The molecule has 0 aromatic heterocycles. The van der Waals surface area contributed by atoms with Crippen molar-refractivity contribution >= 4 is 17.7 Å². The van der Waals surface area contributed by atoms with Crippen molar-refractivity contribution in [2.24, 2.45) is 5.92 Å². The van der Waals surface area contributed by atoms with E-state index in [1.165, 1.54) is 12.8 Å². The number of piperidine rings is 1. The van der Waals surface area contributed by atoms with Crippen molar-refractivity contribution in [2.75, 3.05) is 31.1 Å². The average molecular weight is 314 g/mol. The van der Waals surface area contributed by atoms with Gasteiger partial charge in [0.25, 0.3) is 5.91 Å². The van der Waals surface area contributed by atoms with Crippen molar-refractivity contribution in [3.63, 3.8) is 0 Å². The maximum atomic E-state index is 12.3. The normalized spacial score (nSPS) is 27.3. The Morgan fingerprint density at radius 3 is 2.71 bits per heavy atom. The summed E-state index contributed by atoms with van der Waals surface area (Å²) in [6, 6.07) is 0. The molecule has 1 unspecified atom stereocenters. The van der Waals surface area contributed by atoms with Crippen LogP contribution in [0.4, 0.5) is 0 Å². The summed E-state index contributed by atoms with van der Waals surface area (Å²) in [5.41, 5.74) is -1.19. The van der Waals surface area contributed by atoms with Crippen LogP contribution < -0.4 is 5.32 Å². The summed E-state index contributed by atoms with van der Waals surface area (Å²) < 4.78 is 0. The Balaban J connectivity index is 1.87. The summed E-state index contributed by atoms with van der Waals surface area (Å²) in [6.45, 7) is 9.48. The van der Waals surface area contributed by atoms with Crippen LogP contribution in [0.15, 0.2) is 0 Å². The van der Waals surface area contributed by atoms with E-state index in [0.717, 1.165) is 30.5 Å². The van der Waals surface area contributed by atoms with Gasteiger partial charge in [-0.2, -0.15) is 11.8 Å². The van der Waals surface area contributed by atoms with Crippen molar-refractivity contribution < 1.29 is 9.90 Å². The molecular formula is C16H30N2O2S. The molecule has 2 fully saturated rings. The third-order valence-electron chi connectivity index (χ3n) is 4.94. The van der Waals surface area contributed by atoms with Crippen LogP contribution in [0, 0.1) is 5.92 Å². The molecule has 122 valence electrons. The van der Waals surface area contributed by atoms with Gasteiger partial charge in [-0.3, -0.25) is 9.69 Å². The van der Waals surface area contributed by atoms with Crippen LogP contribution in [0.1, 0.15) is 46.5 Å². The molecule has 4 nitrogen and oxygen atoms in total. The van der Waals surface area contributed by atoms with Gasteiger partial charge >= 0.3 is 0 Å². The Morgan fingerprint density at radius 1 is 1.43 bits per heavy atom. The molecule has 1 amide bonds. The smallest absolute Gasteiger partial charge is 0.252 e. The van der Waals surface area contributed by atoms with Crippen LogP contribution in [0.2, 0.25) is 0 Å². The number of carbonyl (C=O) groups is 1. The van der Waals surface area contributed by atoms with Gasteiger partial charge in [0.15, 0.2) is 0 Å². The van der Waals surface area contributed by atoms with Gasteiger partial charge in [-0.15, -0.1) is 0 Å². The molecule has 0 saturated carbocycles. The van der Waals surface area contributed by atoms with Gasteiger partial charge in [0.2, 0.25) is 0 Å². The minimum absolute atomic E-state index is 0.0515. The fourth-order valence-electron chi connectivity index (χ4n) is 3.25. The van der Waals surface area contributed by atoms with Crippen molar-refractivity contribution in [3.05, 3.63) is 0 Å². The second-order valence-electron chi connectivity index (χ2n) is 7.33. The first-order valence-corrected chi connectivity index (χ1v) is 9.32. The van der Waals surface area contributed by atoms with Gasteiger partial charge in [-0.1, -0.05) is 6.92 Å². The zero-order valence-corrected chi connectivity index (χ0v) is 14.5. The molecule has 0 aromatic carbocycles. The Kier molecular flexibility index (Phi) is 5.60. The number of aliphatic hydroxyl groups is 1. The minimum atomic E-state index is -1.14. The van der Waals surface area contributed by atoms with Crippen LogP contribution >= 0.6 is 11.8 Å². The topological polar surface area (TPSA) is 52.6 Å². The quantitative estimate of drug-likeness (QED) is 0.832. The standard InChI is InChI=1S/C16H30N2O2S/c1-13-5-4-8-18(11-13)15(2,3)12-17-14(19)16(20)6-9-21-10-7-16/h13,20H,4-12H2,1-3H3,(H,17,19). The molecule has 0 aromatic rings. The summed E-state index contributed by atoms with van der Waals surface area (Å²) in [7, 11) is 0.